The monoisotopic (exact) mass is 374 g/mol. The Bertz CT molecular complexity index is 542. The molecule has 0 spiro atoms. The van der Waals surface area contributed by atoms with Crippen LogP contribution in [0.25, 0.3) is 0 Å². The standard InChI is InChI=1S/C12H10N2S6/c1-3-15-9-10(16-4-2)20-12(19-9)11-17-7(5-13)8(6-14)18-11/h3-4H2,1-2H3. The van der Waals surface area contributed by atoms with Crippen molar-refractivity contribution < 1.29 is 0 Å². The molecule has 2 aliphatic heterocycles. The van der Waals surface area contributed by atoms with Crippen molar-refractivity contribution in [2.75, 3.05) is 11.5 Å². The summed E-state index contributed by atoms with van der Waals surface area (Å²) in [5, 5.41) is 18.1. The Labute approximate surface area is 144 Å². The van der Waals surface area contributed by atoms with Crippen molar-refractivity contribution in [2.45, 2.75) is 13.8 Å². The Balaban J connectivity index is 2.17. The maximum atomic E-state index is 9.05. The number of hydrogen-bond donors (Lipinski definition) is 0. The van der Waals surface area contributed by atoms with Crippen molar-refractivity contribution in [1.82, 2.24) is 0 Å². The second kappa shape index (κ2) is 8.07. The minimum atomic E-state index is 0.530. The van der Waals surface area contributed by atoms with Crippen LogP contribution in [0.3, 0.4) is 0 Å². The fourth-order valence-electron chi connectivity index (χ4n) is 1.32. The summed E-state index contributed by atoms with van der Waals surface area (Å²) >= 11 is 10.2. The molecule has 0 fully saturated rings. The summed E-state index contributed by atoms with van der Waals surface area (Å²) in [7, 11) is 0. The maximum Gasteiger partial charge on any atom is 0.115 e. The van der Waals surface area contributed by atoms with Crippen LogP contribution in [0.5, 0.6) is 0 Å². The molecule has 104 valence electrons. The quantitative estimate of drug-likeness (QED) is 0.597. The predicted molar refractivity (Wildman–Crippen MR) is 98.9 cm³/mol. The van der Waals surface area contributed by atoms with Gasteiger partial charge in [-0.1, -0.05) is 60.9 Å². The molecule has 2 rings (SSSR count). The third-order valence-corrected chi connectivity index (χ3v) is 10.3. The van der Waals surface area contributed by atoms with Crippen molar-refractivity contribution in [2.24, 2.45) is 0 Å². The molecule has 8 heteroatoms. The van der Waals surface area contributed by atoms with Crippen molar-refractivity contribution in [1.29, 1.82) is 10.5 Å². The molecule has 20 heavy (non-hydrogen) atoms. The molecule has 2 heterocycles. The lowest BCUT2D eigenvalue weighted by atomic mass is 10.5. The van der Waals surface area contributed by atoms with E-state index in [-0.39, 0.29) is 0 Å². The van der Waals surface area contributed by atoms with Crippen LogP contribution in [-0.4, -0.2) is 11.5 Å². The Morgan fingerprint density at radius 1 is 0.800 bits per heavy atom. The SMILES string of the molecule is CCSC1=C(SCC)SC(=C2SC(C#N)=C(C#N)S2)S1. The highest BCUT2D eigenvalue weighted by Crippen LogP contribution is 2.63. The first-order chi connectivity index (χ1) is 9.73. The van der Waals surface area contributed by atoms with E-state index in [1.165, 1.54) is 36.2 Å². The Morgan fingerprint density at radius 2 is 1.20 bits per heavy atom. The number of nitriles is 2. The van der Waals surface area contributed by atoms with Crippen LogP contribution in [0, 0.1) is 22.7 Å². The molecule has 0 aromatic carbocycles. The fourth-order valence-corrected chi connectivity index (χ4v) is 9.45. The van der Waals surface area contributed by atoms with E-state index in [2.05, 4.69) is 26.0 Å². The maximum absolute atomic E-state index is 9.05. The van der Waals surface area contributed by atoms with Gasteiger partial charge in [0, 0.05) is 0 Å². The van der Waals surface area contributed by atoms with Crippen LogP contribution in [-0.2, 0) is 0 Å². The molecule has 0 atom stereocenters. The van der Waals surface area contributed by atoms with Crippen LogP contribution >= 0.6 is 70.6 Å². The number of rotatable bonds is 4. The topological polar surface area (TPSA) is 47.6 Å². The van der Waals surface area contributed by atoms with Gasteiger partial charge in [0.2, 0.25) is 0 Å². The molecule has 0 unspecified atom stereocenters. The molecular weight excluding hydrogens is 365 g/mol. The van der Waals surface area contributed by atoms with E-state index >= 15 is 0 Å². The minimum absolute atomic E-state index is 0.530. The smallest absolute Gasteiger partial charge is 0.115 e. The Kier molecular flexibility index (Phi) is 6.73. The van der Waals surface area contributed by atoms with E-state index in [4.69, 9.17) is 10.5 Å². The molecule has 0 amide bonds. The summed E-state index contributed by atoms with van der Waals surface area (Å²) in [6.07, 6.45) is 0. The van der Waals surface area contributed by atoms with Gasteiger partial charge in [-0.05, 0) is 11.5 Å². The molecule has 0 saturated carbocycles. The van der Waals surface area contributed by atoms with Gasteiger partial charge in [0.15, 0.2) is 0 Å². The molecule has 0 saturated heterocycles. The van der Waals surface area contributed by atoms with Crippen LogP contribution in [0.4, 0.5) is 0 Å². The molecular formula is C12H10N2S6. The summed E-state index contributed by atoms with van der Waals surface area (Å²) in [5.74, 6) is 2.12. The molecule has 0 aromatic heterocycles. The first-order valence-electron chi connectivity index (χ1n) is 5.73. The fraction of sp³-hybridized carbons (Fsp3) is 0.333. The lowest BCUT2D eigenvalue weighted by molar-refractivity contribution is 1.50. The summed E-state index contributed by atoms with van der Waals surface area (Å²) in [6, 6.07) is 4.23. The van der Waals surface area contributed by atoms with Gasteiger partial charge in [0.1, 0.15) is 21.9 Å². The highest BCUT2D eigenvalue weighted by atomic mass is 32.3. The van der Waals surface area contributed by atoms with Crippen molar-refractivity contribution in [3.05, 3.63) is 26.8 Å². The van der Waals surface area contributed by atoms with Crippen LogP contribution in [0.1, 0.15) is 13.8 Å². The van der Waals surface area contributed by atoms with Crippen LogP contribution < -0.4 is 0 Å². The highest BCUT2D eigenvalue weighted by molar-refractivity contribution is 8.42. The Morgan fingerprint density at radius 3 is 1.55 bits per heavy atom. The first kappa shape index (κ1) is 16.7. The number of hydrogen-bond acceptors (Lipinski definition) is 8. The summed E-state index contributed by atoms with van der Waals surface area (Å²) in [6.45, 7) is 4.31. The van der Waals surface area contributed by atoms with E-state index in [0.717, 1.165) is 15.7 Å². The molecule has 2 aliphatic rings. The lowest BCUT2D eigenvalue weighted by Crippen LogP contribution is -1.72. The van der Waals surface area contributed by atoms with Gasteiger partial charge >= 0.3 is 0 Å². The Hall–Kier alpha value is 0.300. The highest BCUT2D eigenvalue weighted by Gasteiger charge is 2.30. The third-order valence-electron chi connectivity index (χ3n) is 2.05. The van der Waals surface area contributed by atoms with Gasteiger partial charge in [-0.25, -0.2) is 0 Å². The van der Waals surface area contributed by atoms with Crippen molar-refractivity contribution >= 4 is 70.6 Å². The molecule has 0 bridgehead atoms. The van der Waals surface area contributed by atoms with Crippen molar-refractivity contribution in [3.63, 3.8) is 0 Å². The molecule has 0 radical (unpaired) electrons. The summed E-state index contributed by atoms with van der Waals surface area (Å²) in [5.41, 5.74) is 0. The normalized spacial score (nSPS) is 18.8. The molecule has 0 N–H and O–H groups in total. The molecule has 0 aliphatic carbocycles. The number of allylic oxidation sites excluding steroid dienone is 2. The van der Waals surface area contributed by atoms with E-state index in [9.17, 15) is 0 Å². The van der Waals surface area contributed by atoms with Gasteiger partial charge in [-0.15, -0.1) is 23.5 Å². The molecule has 2 nitrogen and oxygen atoms in total. The van der Waals surface area contributed by atoms with Gasteiger partial charge in [0.05, 0.1) is 16.9 Å². The summed E-state index contributed by atoms with van der Waals surface area (Å²) < 4.78 is 5.01. The zero-order valence-electron chi connectivity index (χ0n) is 10.8. The van der Waals surface area contributed by atoms with Crippen LogP contribution in [0.2, 0.25) is 0 Å². The number of nitrogens with zero attached hydrogens (tertiary/aromatic N) is 2. The third kappa shape index (κ3) is 3.73. The largest absolute Gasteiger partial charge is 0.192 e. The number of thioether (sulfide) groups is 6. The average Bonchev–Trinajstić information content (AvgIpc) is 3.03. The van der Waals surface area contributed by atoms with Gasteiger partial charge in [-0.3, -0.25) is 0 Å². The van der Waals surface area contributed by atoms with E-state index in [1.54, 1.807) is 23.5 Å². The van der Waals surface area contributed by atoms with E-state index in [0.29, 0.717) is 9.81 Å². The zero-order chi connectivity index (χ0) is 14.5. The lowest BCUT2D eigenvalue weighted by Gasteiger charge is -2.00. The first-order valence-corrected chi connectivity index (χ1v) is 11.0. The van der Waals surface area contributed by atoms with Crippen LogP contribution in [0.15, 0.2) is 26.8 Å². The van der Waals surface area contributed by atoms with E-state index < -0.39 is 0 Å². The van der Waals surface area contributed by atoms with E-state index in [1.807, 2.05) is 23.5 Å². The van der Waals surface area contributed by atoms with Gasteiger partial charge in [0.25, 0.3) is 0 Å². The van der Waals surface area contributed by atoms with Gasteiger partial charge in [-0.2, -0.15) is 10.5 Å². The zero-order valence-corrected chi connectivity index (χ0v) is 15.7. The van der Waals surface area contributed by atoms with Crippen molar-refractivity contribution in [3.8, 4) is 12.1 Å². The molecule has 0 aromatic rings. The summed E-state index contributed by atoms with van der Waals surface area (Å²) in [4.78, 5) is 1.06. The second-order valence-corrected chi connectivity index (χ2v) is 11.0. The minimum Gasteiger partial charge on any atom is -0.192 e. The predicted octanol–water partition coefficient (Wildman–Crippen LogP) is 5.96. The van der Waals surface area contributed by atoms with Gasteiger partial charge < -0.3 is 0 Å². The second-order valence-electron chi connectivity index (χ2n) is 3.31. The average molecular weight is 375 g/mol.